The summed E-state index contributed by atoms with van der Waals surface area (Å²) in [6, 6.07) is 4.66. The number of nitrogens with zero attached hydrogens (tertiary/aromatic N) is 4. The molecule has 4 aliphatic heterocycles. The molecule has 0 aliphatic carbocycles. The van der Waals surface area contributed by atoms with E-state index in [9.17, 15) is 24.3 Å². The largest absolute Gasteiger partial charge is 0.444 e. The molecule has 218 valence electrons. The fourth-order valence-corrected chi connectivity index (χ4v) is 6.14. The third-order valence-corrected chi connectivity index (χ3v) is 8.45. The first kappa shape index (κ1) is 28.4. The van der Waals surface area contributed by atoms with E-state index in [1.807, 2.05) is 37.8 Å². The summed E-state index contributed by atoms with van der Waals surface area (Å²) in [4.78, 5) is 57.2. The van der Waals surface area contributed by atoms with Gasteiger partial charge in [0, 0.05) is 62.5 Å². The topological polar surface area (TPSA) is 123 Å². The number of carbonyl (C=O) groups is 4. The zero-order chi connectivity index (χ0) is 28.6. The maximum Gasteiger partial charge on any atom is 0.410 e. The Bertz CT molecular complexity index is 1150. The van der Waals surface area contributed by atoms with E-state index in [1.54, 1.807) is 6.07 Å². The Kier molecular flexibility index (Phi) is 8.05. The molecule has 0 bridgehead atoms. The molecule has 40 heavy (non-hydrogen) atoms. The van der Waals surface area contributed by atoms with E-state index in [1.165, 1.54) is 4.90 Å². The van der Waals surface area contributed by atoms with Gasteiger partial charge in [-0.2, -0.15) is 0 Å². The van der Waals surface area contributed by atoms with Crippen molar-refractivity contribution in [3.63, 3.8) is 0 Å². The van der Waals surface area contributed by atoms with Gasteiger partial charge in [0.15, 0.2) is 6.23 Å². The number of benzene rings is 1. The summed E-state index contributed by atoms with van der Waals surface area (Å²) in [5.74, 6) is -0.667. The molecule has 0 spiro atoms. The van der Waals surface area contributed by atoms with Gasteiger partial charge in [0.2, 0.25) is 11.8 Å². The van der Waals surface area contributed by atoms with E-state index in [4.69, 9.17) is 4.74 Å². The number of aliphatic hydroxyl groups excluding tert-OH is 1. The minimum absolute atomic E-state index is 0.143. The second-order valence-corrected chi connectivity index (χ2v) is 12.4. The average molecular weight is 556 g/mol. The molecule has 3 saturated heterocycles. The first-order valence-electron chi connectivity index (χ1n) is 14.4. The standard InChI is InChI=1S/C29H41N5O6/c1-29(2,3)40-28(39)33-12-9-19(10-13-33)8-11-31-14-16-32(17-15-31)20-4-5-21-22(18-20)27(38)34(26(21)37)23-6-7-24(35)30-25(23)36/h4-5,18-19,23,26,37H,6-17H2,1-3H3,(H,30,35,36). The number of piperazine rings is 1. The number of piperidine rings is 2. The van der Waals surface area contributed by atoms with Crippen LogP contribution >= 0.6 is 0 Å². The van der Waals surface area contributed by atoms with Crippen LogP contribution in [0.4, 0.5) is 10.5 Å². The van der Waals surface area contributed by atoms with Crippen LogP contribution in [0, 0.1) is 5.92 Å². The van der Waals surface area contributed by atoms with Gasteiger partial charge in [0.05, 0.1) is 0 Å². The molecule has 11 nitrogen and oxygen atoms in total. The van der Waals surface area contributed by atoms with Gasteiger partial charge in [-0.15, -0.1) is 0 Å². The van der Waals surface area contributed by atoms with Gasteiger partial charge in [-0.25, -0.2) is 4.79 Å². The molecule has 2 unspecified atom stereocenters. The Morgan fingerprint density at radius 1 is 1.02 bits per heavy atom. The van der Waals surface area contributed by atoms with Crippen molar-refractivity contribution in [1.82, 2.24) is 20.0 Å². The van der Waals surface area contributed by atoms with Crippen LogP contribution in [-0.4, -0.2) is 101 Å². The lowest BCUT2D eigenvalue weighted by atomic mass is 9.93. The van der Waals surface area contributed by atoms with Crippen molar-refractivity contribution >= 4 is 29.5 Å². The smallest absolute Gasteiger partial charge is 0.410 e. The average Bonchev–Trinajstić information content (AvgIpc) is 3.16. The van der Waals surface area contributed by atoms with Crippen LogP contribution in [0.2, 0.25) is 0 Å². The quantitative estimate of drug-likeness (QED) is 0.530. The summed E-state index contributed by atoms with van der Waals surface area (Å²) in [5, 5.41) is 13.1. The normalized spacial score (nSPS) is 24.8. The fraction of sp³-hybridized carbons (Fsp3) is 0.655. The first-order chi connectivity index (χ1) is 19.0. The lowest BCUT2D eigenvalue weighted by Crippen LogP contribution is -2.53. The van der Waals surface area contributed by atoms with Gasteiger partial charge >= 0.3 is 6.09 Å². The zero-order valence-corrected chi connectivity index (χ0v) is 23.7. The molecule has 0 saturated carbocycles. The van der Waals surface area contributed by atoms with Crippen LogP contribution < -0.4 is 10.2 Å². The van der Waals surface area contributed by atoms with Gasteiger partial charge in [-0.05, 0) is 71.0 Å². The molecule has 5 rings (SSSR count). The molecule has 1 aromatic carbocycles. The number of amides is 4. The molecule has 0 radical (unpaired) electrons. The Labute approximate surface area is 235 Å². The number of rotatable bonds is 5. The highest BCUT2D eigenvalue weighted by Crippen LogP contribution is 2.37. The minimum atomic E-state index is -1.20. The van der Waals surface area contributed by atoms with Crippen LogP contribution in [0.5, 0.6) is 0 Å². The molecule has 11 heteroatoms. The summed E-state index contributed by atoms with van der Waals surface area (Å²) < 4.78 is 5.50. The van der Waals surface area contributed by atoms with Crippen LogP contribution in [0.15, 0.2) is 18.2 Å². The van der Waals surface area contributed by atoms with Gasteiger partial charge in [0.1, 0.15) is 11.6 Å². The predicted molar refractivity (Wildman–Crippen MR) is 148 cm³/mol. The first-order valence-corrected chi connectivity index (χ1v) is 14.4. The lowest BCUT2D eigenvalue weighted by molar-refractivity contribution is -0.139. The summed E-state index contributed by atoms with van der Waals surface area (Å²) in [6.45, 7) is 11.7. The van der Waals surface area contributed by atoms with Gasteiger partial charge in [-0.1, -0.05) is 6.07 Å². The number of nitrogens with one attached hydrogen (secondary N) is 1. The van der Waals surface area contributed by atoms with E-state index < -0.39 is 23.8 Å². The van der Waals surface area contributed by atoms with Crippen LogP contribution in [0.25, 0.3) is 0 Å². The third-order valence-electron chi connectivity index (χ3n) is 8.45. The SMILES string of the molecule is CC(C)(C)OC(=O)N1CCC(CCN2CCN(c3ccc4c(c3)C(=O)N(C3CCC(=O)NC3=O)C4O)CC2)CC1. The molecule has 1 aromatic rings. The number of anilines is 1. The Morgan fingerprint density at radius 2 is 1.73 bits per heavy atom. The second-order valence-electron chi connectivity index (χ2n) is 12.4. The molecule has 4 aliphatic rings. The fourth-order valence-electron chi connectivity index (χ4n) is 6.14. The molecular weight excluding hydrogens is 514 g/mol. The van der Waals surface area contributed by atoms with Crippen molar-refractivity contribution in [2.24, 2.45) is 5.92 Å². The van der Waals surface area contributed by atoms with Crippen molar-refractivity contribution < 1.29 is 29.0 Å². The van der Waals surface area contributed by atoms with E-state index in [0.29, 0.717) is 17.0 Å². The Hall–Kier alpha value is -3.18. The second kappa shape index (κ2) is 11.4. The molecule has 3 fully saturated rings. The number of imide groups is 1. The van der Waals surface area contributed by atoms with Crippen molar-refractivity contribution in [1.29, 1.82) is 0 Å². The number of aliphatic hydroxyl groups is 1. The summed E-state index contributed by atoms with van der Waals surface area (Å²) in [6.07, 6.45) is 2.06. The van der Waals surface area contributed by atoms with Gasteiger partial charge < -0.3 is 19.6 Å². The van der Waals surface area contributed by atoms with Crippen molar-refractivity contribution in [3.8, 4) is 0 Å². The lowest BCUT2D eigenvalue weighted by Gasteiger charge is -2.38. The number of hydrogen-bond donors (Lipinski definition) is 2. The summed E-state index contributed by atoms with van der Waals surface area (Å²) in [5.41, 5.74) is 1.37. The maximum atomic E-state index is 13.2. The number of carbonyl (C=O) groups excluding carboxylic acids is 4. The Morgan fingerprint density at radius 3 is 2.38 bits per heavy atom. The summed E-state index contributed by atoms with van der Waals surface area (Å²) >= 11 is 0. The van der Waals surface area contributed by atoms with Crippen molar-refractivity contribution in [2.75, 3.05) is 50.7 Å². The van der Waals surface area contributed by atoms with Crippen LogP contribution in [0.3, 0.4) is 0 Å². The number of likely N-dealkylation sites (tertiary alicyclic amines) is 1. The van der Waals surface area contributed by atoms with Crippen molar-refractivity contribution in [2.45, 2.75) is 70.7 Å². The third kappa shape index (κ3) is 6.10. The maximum absolute atomic E-state index is 13.2. The summed E-state index contributed by atoms with van der Waals surface area (Å²) in [7, 11) is 0. The highest BCUT2D eigenvalue weighted by atomic mass is 16.6. The van der Waals surface area contributed by atoms with E-state index in [2.05, 4.69) is 15.1 Å². The van der Waals surface area contributed by atoms with E-state index in [-0.39, 0.29) is 30.7 Å². The predicted octanol–water partition coefficient (Wildman–Crippen LogP) is 2.10. The van der Waals surface area contributed by atoms with Crippen molar-refractivity contribution in [3.05, 3.63) is 29.3 Å². The molecule has 4 heterocycles. The van der Waals surface area contributed by atoms with E-state index >= 15 is 0 Å². The number of hydrogen-bond acceptors (Lipinski definition) is 8. The van der Waals surface area contributed by atoms with Gasteiger partial charge in [-0.3, -0.25) is 29.5 Å². The number of fused-ring (bicyclic) bond motifs is 1. The van der Waals surface area contributed by atoms with Crippen LogP contribution in [-0.2, 0) is 14.3 Å². The highest BCUT2D eigenvalue weighted by molar-refractivity contribution is 6.06. The number of ether oxygens (including phenoxy) is 1. The molecule has 0 aromatic heterocycles. The van der Waals surface area contributed by atoms with E-state index in [0.717, 1.165) is 70.8 Å². The van der Waals surface area contributed by atoms with Gasteiger partial charge in [0.25, 0.3) is 5.91 Å². The highest BCUT2D eigenvalue weighted by Gasteiger charge is 2.44. The monoisotopic (exact) mass is 555 g/mol. The minimum Gasteiger partial charge on any atom is -0.444 e. The molecular formula is C29H41N5O6. The van der Waals surface area contributed by atoms with Crippen LogP contribution in [0.1, 0.15) is 75.0 Å². The Balaban J connectivity index is 1.09. The molecule has 2 atom stereocenters. The molecule has 4 amide bonds. The zero-order valence-electron chi connectivity index (χ0n) is 23.7. The molecule has 2 N–H and O–H groups in total.